The summed E-state index contributed by atoms with van der Waals surface area (Å²) < 4.78 is 0. The van der Waals surface area contributed by atoms with Gasteiger partial charge < -0.3 is 10.6 Å². The van der Waals surface area contributed by atoms with Crippen molar-refractivity contribution in [3.63, 3.8) is 0 Å². The van der Waals surface area contributed by atoms with E-state index in [9.17, 15) is 0 Å². The Balaban J connectivity index is 1.57. The molecule has 1 saturated carbocycles. The van der Waals surface area contributed by atoms with E-state index in [0.29, 0.717) is 18.5 Å². The van der Waals surface area contributed by atoms with Gasteiger partial charge in [-0.15, -0.1) is 0 Å². The molecule has 0 aromatic carbocycles. The van der Waals surface area contributed by atoms with Gasteiger partial charge in [-0.1, -0.05) is 25.3 Å². The van der Waals surface area contributed by atoms with Crippen LogP contribution in [-0.4, -0.2) is 26.0 Å². The second kappa shape index (κ2) is 8.58. The molecular formula is C21H24N6. The van der Waals surface area contributed by atoms with Crippen molar-refractivity contribution >= 4 is 11.8 Å². The molecule has 2 N–H and O–H groups in total. The molecule has 0 aliphatic heterocycles. The first-order valence-electron chi connectivity index (χ1n) is 9.55. The Morgan fingerprint density at radius 1 is 0.926 bits per heavy atom. The van der Waals surface area contributed by atoms with Gasteiger partial charge >= 0.3 is 0 Å². The first-order valence-corrected chi connectivity index (χ1v) is 9.55. The summed E-state index contributed by atoms with van der Waals surface area (Å²) in [7, 11) is 0. The van der Waals surface area contributed by atoms with E-state index in [2.05, 4.69) is 20.6 Å². The van der Waals surface area contributed by atoms with Crippen LogP contribution in [0.1, 0.15) is 37.7 Å². The van der Waals surface area contributed by atoms with Crippen LogP contribution in [0, 0.1) is 0 Å². The normalized spacial score (nSPS) is 14.7. The van der Waals surface area contributed by atoms with Gasteiger partial charge in [0.25, 0.3) is 0 Å². The lowest BCUT2D eigenvalue weighted by atomic mass is 9.96. The Labute approximate surface area is 159 Å². The number of hydrogen-bond donors (Lipinski definition) is 2. The molecule has 0 unspecified atom stereocenters. The number of aromatic nitrogens is 4. The quantitative estimate of drug-likeness (QED) is 0.683. The third-order valence-electron chi connectivity index (χ3n) is 4.84. The van der Waals surface area contributed by atoms with Gasteiger partial charge in [-0.05, 0) is 36.6 Å². The Morgan fingerprint density at radius 3 is 2.56 bits per heavy atom. The Morgan fingerprint density at radius 2 is 1.78 bits per heavy atom. The summed E-state index contributed by atoms with van der Waals surface area (Å²) in [5.74, 6) is 1.49. The second-order valence-corrected chi connectivity index (χ2v) is 6.89. The summed E-state index contributed by atoms with van der Waals surface area (Å²) in [6.07, 6.45) is 13.4. The lowest BCUT2D eigenvalue weighted by Crippen LogP contribution is -2.23. The highest BCUT2D eigenvalue weighted by molar-refractivity contribution is 5.64. The largest absolute Gasteiger partial charge is 0.366 e. The van der Waals surface area contributed by atoms with Crippen molar-refractivity contribution in [3.8, 4) is 11.3 Å². The van der Waals surface area contributed by atoms with E-state index < -0.39 is 0 Å². The molecule has 3 aromatic heterocycles. The van der Waals surface area contributed by atoms with E-state index in [4.69, 9.17) is 9.97 Å². The number of pyridine rings is 2. The minimum absolute atomic E-state index is 0.456. The lowest BCUT2D eigenvalue weighted by Gasteiger charge is -2.23. The zero-order chi connectivity index (χ0) is 18.3. The Hall–Kier alpha value is -3.02. The van der Waals surface area contributed by atoms with Crippen LogP contribution < -0.4 is 10.6 Å². The third kappa shape index (κ3) is 4.78. The van der Waals surface area contributed by atoms with Crippen molar-refractivity contribution in [2.24, 2.45) is 0 Å². The molecule has 1 aliphatic carbocycles. The number of anilines is 2. The van der Waals surface area contributed by atoms with Crippen molar-refractivity contribution < 1.29 is 0 Å². The third-order valence-corrected chi connectivity index (χ3v) is 4.84. The first-order chi connectivity index (χ1) is 13.4. The van der Waals surface area contributed by atoms with Crippen LogP contribution in [0.3, 0.4) is 0 Å². The van der Waals surface area contributed by atoms with Gasteiger partial charge in [0.1, 0.15) is 5.82 Å². The number of hydrogen-bond acceptors (Lipinski definition) is 6. The molecule has 1 fully saturated rings. The predicted molar refractivity (Wildman–Crippen MR) is 107 cm³/mol. The first kappa shape index (κ1) is 17.4. The van der Waals surface area contributed by atoms with Crippen molar-refractivity contribution in [2.75, 3.05) is 10.6 Å². The fourth-order valence-corrected chi connectivity index (χ4v) is 3.40. The van der Waals surface area contributed by atoms with Crippen LogP contribution in [-0.2, 0) is 6.54 Å². The smallest absolute Gasteiger partial charge is 0.225 e. The Bertz CT molecular complexity index is 847. The second-order valence-electron chi connectivity index (χ2n) is 6.89. The highest BCUT2D eigenvalue weighted by atomic mass is 15.2. The van der Waals surface area contributed by atoms with Gasteiger partial charge in [0.15, 0.2) is 0 Å². The highest BCUT2D eigenvalue weighted by Gasteiger charge is 2.15. The average molecular weight is 360 g/mol. The number of nitrogens with one attached hydrogen (secondary N) is 2. The molecule has 3 heterocycles. The summed E-state index contributed by atoms with van der Waals surface area (Å²) in [5.41, 5.74) is 3.03. The molecular weight excluding hydrogens is 336 g/mol. The maximum atomic E-state index is 4.75. The molecule has 6 nitrogen and oxygen atoms in total. The number of nitrogens with zero attached hydrogens (tertiary/aromatic N) is 4. The summed E-state index contributed by atoms with van der Waals surface area (Å²) in [5, 5.41) is 6.94. The molecule has 1 aliphatic rings. The van der Waals surface area contributed by atoms with Crippen LogP contribution >= 0.6 is 0 Å². The summed E-state index contributed by atoms with van der Waals surface area (Å²) in [4.78, 5) is 17.7. The van der Waals surface area contributed by atoms with Crippen LogP contribution in [0.25, 0.3) is 11.3 Å². The zero-order valence-corrected chi connectivity index (χ0v) is 15.3. The molecule has 0 atom stereocenters. The van der Waals surface area contributed by atoms with E-state index in [1.807, 2.05) is 36.5 Å². The predicted octanol–water partition coefficient (Wildman–Crippen LogP) is 4.29. The van der Waals surface area contributed by atoms with Gasteiger partial charge in [-0.25, -0.2) is 4.98 Å². The summed E-state index contributed by atoms with van der Waals surface area (Å²) in [6.45, 7) is 0.670. The molecule has 27 heavy (non-hydrogen) atoms. The van der Waals surface area contributed by atoms with E-state index in [-0.39, 0.29) is 0 Å². The van der Waals surface area contributed by atoms with E-state index in [1.165, 1.54) is 32.1 Å². The zero-order valence-electron chi connectivity index (χ0n) is 15.3. The molecule has 4 rings (SSSR count). The van der Waals surface area contributed by atoms with Gasteiger partial charge in [-0.2, -0.15) is 4.98 Å². The summed E-state index contributed by atoms with van der Waals surface area (Å²) >= 11 is 0. The van der Waals surface area contributed by atoms with Crippen molar-refractivity contribution in [3.05, 3.63) is 60.7 Å². The fraction of sp³-hybridized carbons (Fsp3) is 0.333. The summed E-state index contributed by atoms with van der Waals surface area (Å²) in [6, 6.07) is 10.4. The fourth-order valence-electron chi connectivity index (χ4n) is 3.40. The maximum Gasteiger partial charge on any atom is 0.225 e. The van der Waals surface area contributed by atoms with Crippen LogP contribution in [0.15, 0.2) is 55.1 Å². The van der Waals surface area contributed by atoms with E-state index in [0.717, 1.165) is 22.6 Å². The molecule has 0 radical (unpaired) electrons. The molecule has 0 bridgehead atoms. The van der Waals surface area contributed by atoms with Crippen molar-refractivity contribution in [1.82, 2.24) is 19.9 Å². The standard InChI is InChI=1S/C21H24N6/c1-2-6-18(7-3-1)25-21-26-19(17-8-11-22-12-9-17)13-20(27-21)24-15-16-5-4-10-23-14-16/h4-5,8-14,18H,1-3,6-7,15H2,(H2,24,25,26,27). The van der Waals surface area contributed by atoms with Gasteiger partial charge in [0, 0.05) is 49.0 Å². The highest BCUT2D eigenvalue weighted by Crippen LogP contribution is 2.24. The van der Waals surface area contributed by atoms with Gasteiger partial charge in [0.2, 0.25) is 5.95 Å². The van der Waals surface area contributed by atoms with Crippen molar-refractivity contribution in [1.29, 1.82) is 0 Å². The van der Waals surface area contributed by atoms with Gasteiger partial charge in [0.05, 0.1) is 5.69 Å². The molecule has 0 amide bonds. The van der Waals surface area contributed by atoms with E-state index >= 15 is 0 Å². The van der Waals surface area contributed by atoms with Crippen LogP contribution in [0.2, 0.25) is 0 Å². The molecule has 138 valence electrons. The minimum Gasteiger partial charge on any atom is -0.366 e. The number of rotatable bonds is 6. The van der Waals surface area contributed by atoms with E-state index in [1.54, 1.807) is 18.6 Å². The van der Waals surface area contributed by atoms with Crippen molar-refractivity contribution in [2.45, 2.75) is 44.7 Å². The van der Waals surface area contributed by atoms with Crippen LogP contribution in [0.5, 0.6) is 0 Å². The minimum atomic E-state index is 0.456. The molecule has 6 heteroatoms. The lowest BCUT2D eigenvalue weighted by molar-refractivity contribution is 0.461. The monoisotopic (exact) mass is 360 g/mol. The SMILES string of the molecule is c1cncc(CNc2cc(-c3ccncc3)nc(NC3CCCCC3)n2)c1. The average Bonchev–Trinajstić information content (AvgIpc) is 2.74. The maximum absolute atomic E-state index is 4.75. The molecule has 0 spiro atoms. The van der Waals surface area contributed by atoms with Crippen LogP contribution in [0.4, 0.5) is 11.8 Å². The molecule has 0 saturated heterocycles. The topological polar surface area (TPSA) is 75.6 Å². The molecule has 3 aromatic rings. The Kier molecular flexibility index (Phi) is 5.53. The van der Waals surface area contributed by atoms with Gasteiger partial charge in [-0.3, -0.25) is 9.97 Å².